The molecule has 19 heavy (non-hydrogen) atoms. The minimum atomic E-state index is -1.06. The molecule has 1 fully saturated rings. The predicted octanol–water partition coefficient (Wildman–Crippen LogP) is -3.99. The number of ether oxygens (including phenoxy) is 1. The zero-order valence-corrected chi connectivity index (χ0v) is 13.6. The van der Waals surface area contributed by atoms with E-state index in [1.807, 2.05) is 0 Å². The molecular weight excluding hydrogens is 281 g/mol. The van der Waals surface area contributed by atoms with Crippen molar-refractivity contribution in [1.82, 2.24) is 4.90 Å². The molecule has 102 valence electrons. The molecule has 0 aromatic heterocycles. The van der Waals surface area contributed by atoms with Crippen molar-refractivity contribution < 1.29 is 50.4 Å². The minimum Gasteiger partial charge on any atom is -1.00 e. The van der Waals surface area contributed by atoms with Gasteiger partial charge < -0.3 is 27.6 Å². The van der Waals surface area contributed by atoms with Crippen LogP contribution in [0.2, 0.25) is 0 Å². The largest absolute Gasteiger partial charge is 1.00 e. The molecule has 2 aliphatic rings. The Morgan fingerprint density at radius 3 is 2.74 bits per heavy atom. The molecule has 3 atom stereocenters. The third-order valence-electron chi connectivity index (χ3n) is 2.99. The molecule has 0 aromatic rings. The van der Waals surface area contributed by atoms with Gasteiger partial charge in [-0.25, -0.2) is 4.79 Å². The van der Waals surface area contributed by atoms with Crippen LogP contribution in [-0.4, -0.2) is 51.9 Å². The summed E-state index contributed by atoms with van der Waals surface area (Å²) in [7, 11) is 0. The maximum atomic E-state index is 11.3. The number of carboxylic acid groups (broad SMARTS) is 1. The summed E-state index contributed by atoms with van der Waals surface area (Å²) in [6.45, 7) is 1.26. The summed E-state index contributed by atoms with van der Waals surface area (Å²) >= 11 is 1.51. The van der Waals surface area contributed by atoms with Crippen LogP contribution in [0.5, 0.6) is 0 Å². The molecule has 0 radical (unpaired) electrons. The van der Waals surface area contributed by atoms with Crippen molar-refractivity contribution >= 4 is 23.7 Å². The van der Waals surface area contributed by atoms with E-state index in [-0.39, 0.29) is 54.7 Å². The maximum absolute atomic E-state index is 11.3. The first-order valence-electron chi connectivity index (χ1n) is 5.43. The molecule has 0 bridgehead atoms. The van der Waals surface area contributed by atoms with Gasteiger partial charge in [0.1, 0.15) is 12.3 Å². The fourth-order valence-electron chi connectivity index (χ4n) is 2.07. The van der Waals surface area contributed by atoms with E-state index in [2.05, 4.69) is 0 Å². The molecule has 1 saturated heterocycles. The Morgan fingerprint density at radius 1 is 1.58 bits per heavy atom. The summed E-state index contributed by atoms with van der Waals surface area (Å²) in [5.41, 5.74) is 12.3. The molecule has 2 rings (SSSR count). The fourth-order valence-corrected chi connectivity index (χ4v) is 3.45. The van der Waals surface area contributed by atoms with Crippen LogP contribution in [0, 0.1) is 0 Å². The Morgan fingerprint density at radius 2 is 2.21 bits per heavy atom. The molecule has 5 N–H and O–H groups in total. The van der Waals surface area contributed by atoms with E-state index < -0.39 is 18.1 Å². The SMILES string of the molecule is CC(=O)OCC1=C(C(=O)O)N2C(N)C(N)C2SC1.[H-].[Na+]. The van der Waals surface area contributed by atoms with Crippen LogP contribution >= 0.6 is 11.8 Å². The number of carbonyl (C=O) groups excluding carboxylic acids is 1. The van der Waals surface area contributed by atoms with E-state index >= 15 is 0 Å². The first kappa shape index (κ1) is 16.8. The number of carbonyl (C=O) groups is 2. The van der Waals surface area contributed by atoms with Crippen molar-refractivity contribution in [2.75, 3.05) is 12.4 Å². The van der Waals surface area contributed by atoms with Crippen LogP contribution in [0.4, 0.5) is 0 Å². The number of fused-ring (bicyclic) bond motifs is 1. The van der Waals surface area contributed by atoms with E-state index in [9.17, 15) is 14.7 Å². The number of rotatable bonds is 3. The molecule has 3 unspecified atom stereocenters. The average molecular weight is 297 g/mol. The van der Waals surface area contributed by atoms with Crippen molar-refractivity contribution in [2.24, 2.45) is 11.5 Å². The summed E-state index contributed by atoms with van der Waals surface area (Å²) in [5, 5.41) is 9.15. The Labute approximate surface area is 138 Å². The Bertz CT molecular complexity index is 437. The van der Waals surface area contributed by atoms with Crippen molar-refractivity contribution in [2.45, 2.75) is 24.5 Å². The standard InChI is InChI=1S/C10H15N3O4S.Na.H/c1-4(14)17-2-5-3-18-9-6(11)8(12)13(9)7(5)10(15)16;;/h6,8-9H,2-3,11-12H2,1H3,(H,15,16);;/q;+1;-1. The number of aliphatic carboxylic acids is 1. The van der Waals surface area contributed by atoms with Crippen LogP contribution in [0.1, 0.15) is 8.35 Å². The van der Waals surface area contributed by atoms with E-state index in [1.165, 1.54) is 18.7 Å². The summed E-state index contributed by atoms with van der Waals surface area (Å²) in [6.07, 6.45) is -0.499. The fraction of sp³-hybridized carbons (Fsp3) is 0.600. The topological polar surface area (TPSA) is 119 Å². The molecule has 7 nitrogen and oxygen atoms in total. The van der Waals surface area contributed by atoms with Crippen molar-refractivity contribution in [3.05, 3.63) is 11.3 Å². The minimum absolute atomic E-state index is 0. The number of thioether (sulfide) groups is 1. The number of esters is 1. The summed E-state index contributed by atoms with van der Waals surface area (Å²) in [4.78, 5) is 23.7. The van der Waals surface area contributed by atoms with Crippen molar-refractivity contribution in [3.63, 3.8) is 0 Å². The third-order valence-corrected chi connectivity index (χ3v) is 4.39. The molecule has 2 heterocycles. The zero-order chi connectivity index (χ0) is 13.4. The van der Waals surface area contributed by atoms with Gasteiger partial charge in [-0.05, 0) is 0 Å². The van der Waals surface area contributed by atoms with Gasteiger partial charge in [0, 0.05) is 18.2 Å². The van der Waals surface area contributed by atoms with Gasteiger partial charge in [-0.3, -0.25) is 4.79 Å². The second kappa shape index (κ2) is 6.47. The first-order chi connectivity index (χ1) is 8.43. The van der Waals surface area contributed by atoms with Gasteiger partial charge in [0.15, 0.2) is 0 Å². The van der Waals surface area contributed by atoms with Crippen LogP contribution in [-0.2, 0) is 14.3 Å². The molecule has 0 saturated carbocycles. The summed E-state index contributed by atoms with van der Waals surface area (Å²) < 4.78 is 4.86. The van der Waals surface area contributed by atoms with Crippen LogP contribution in [0.25, 0.3) is 0 Å². The number of nitrogens with zero attached hydrogens (tertiary/aromatic N) is 1. The van der Waals surface area contributed by atoms with Gasteiger partial charge in [-0.1, -0.05) is 0 Å². The van der Waals surface area contributed by atoms with Gasteiger partial charge in [-0.15, -0.1) is 11.8 Å². The molecule has 0 aliphatic carbocycles. The Balaban J connectivity index is 0.00000180. The van der Waals surface area contributed by atoms with E-state index in [0.717, 1.165) is 0 Å². The van der Waals surface area contributed by atoms with Crippen LogP contribution in [0.15, 0.2) is 11.3 Å². The zero-order valence-electron chi connectivity index (χ0n) is 11.8. The van der Waals surface area contributed by atoms with E-state index in [4.69, 9.17) is 16.2 Å². The quantitative estimate of drug-likeness (QED) is 0.356. The second-order valence-electron chi connectivity index (χ2n) is 4.21. The Hall–Kier alpha value is -0.250. The smallest absolute Gasteiger partial charge is 1.00 e. The normalized spacial score (nSPS) is 29.0. The first-order valence-corrected chi connectivity index (χ1v) is 6.48. The molecular formula is C10H16N3NaO4S. The second-order valence-corrected chi connectivity index (χ2v) is 5.32. The van der Waals surface area contributed by atoms with Crippen LogP contribution in [0.3, 0.4) is 0 Å². The molecule has 2 aliphatic heterocycles. The van der Waals surface area contributed by atoms with Crippen molar-refractivity contribution in [3.8, 4) is 0 Å². The van der Waals surface area contributed by atoms with Gasteiger partial charge in [0.2, 0.25) is 0 Å². The monoisotopic (exact) mass is 297 g/mol. The van der Waals surface area contributed by atoms with Gasteiger partial charge in [0.05, 0.1) is 17.6 Å². The number of carboxylic acids is 1. The third kappa shape index (κ3) is 3.09. The summed E-state index contributed by atoms with van der Waals surface area (Å²) in [5.74, 6) is -1.02. The average Bonchev–Trinajstić information content (AvgIpc) is 2.33. The van der Waals surface area contributed by atoms with E-state index in [0.29, 0.717) is 11.3 Å². The molecule has 0 spiro atoms. The number of nitrogens with two attached hydrogens (primary N) is 2. The predicted molar refractivity (Wildman–Crippen MR) is 66.4 cm³/mol. The summed E-state index contributed by atoms with van der Waals surface area (Å²) in [6, 6.07) is -0.236. The molecule has 9 heteroatoms. The number of hydrogen-bond donors (Lipinski definition) is 3. The van der Waals surface area contributed by atoms with Crippen LogP contribution < -0.4 is 41.0 Å². The van der Waals surface area contributed by atoms with Crippen molar-refractivity contribution in [1.29, 1.82) is 0 Å². The maximum Gasteiger partial charge on any atom is 1.00 e. The molecule has 0 amide bonds. The number of hydrogen-bond acceptors (Lipinski definition) is 7. The van der Waals surface area contributed by atoms with Gasteiger partial charge in [-0.2, -0.15) is 0 Å². The Kier molecular flexibility index (Phi) is 5.72. The van der Waals surface area contributed by atoms with E-state index in [1.54, 1.807) is 4.90 Å². The van der Waals surface area contributed by atoms with Gasteiger partial charge in [0.25, 0.3) is 0 Å². The van der Waals surface area contributed by atoms with Gasteiger partial charge >= 0.3 is 41.5 Å². The molecule has 0 aromatic carbocycles.